The van der Waals surface area contributed by atoms with Crippen molar-refractivity contribution in [2.75, 3.05) is 50.2 Å². The number of carbonyl (C=O) groups is 1. The lowest BCUT2D eigenvalue weighted by Crippen LogP contribution is -2.45. The van der Waals surface area contributed by atoms with Gasteiger partial charge in [0.1, 0.15) is 23.7 Å². The van der Waals surface area contributed by atoms with E-state index in [4.69, 9.17) is 25.8 Å². The molecule has 0 radical (unpaired) electrons. The molecule has 3 aliphatic rings. The van der Waals surface area contributed by atoms with Gasteiger partial charge in [0, 0.05) is 54.4 Å². The molecule has 9 nitrogen and oxygen atoms in total. The highest BCUT2D eigenvalue weighted by atomic mass is 35.5. The molecule has 3 aromatic rings. The molecule has 1 amide bonds. The highest BCUT2D eigenvalue weighted by molar-refractivity contribution is 6.31. The van der Waals surface area contributed by atoms with Gasteiger partial charge in [-0.2, -0.15) is 0 Å². The Morgan fingerprint density at radius 2 is 1.98 bits per heavy atom. The minimum Gasteiger partial charge on any atom is -0.491 e. The first-order chi connectivity index (χ1) is 19.5. The van der Waals surface area contributed by atoms with Crippen LogP contribution in [0.3, 0.4) is 0 Å². The number of anilines is 3. The van der Waals surface area contributed by atoms with Crippen molar-refractivity contribution >= 4 is 45.6 Å². The number of amides is 1. The van der Waals surface area contributed by atoms with Crippen LogP contribution in [0.15, 0.2) is 48.8 Å². The minimum atomic E-state index is -0.506. The van der Waals surface area contributed by atoms with Crippen LogP contribution in [-0.2, 0) is 14.3 Å². The molecule has 3 aliphatic heterocycles. The van der Waals surface area contributed by atoms with Gasteiger partial charge in [0.05, 0.1) is 42.7 Å². The normalized spacial score (nSPS) is 22.7. The Balaban J connectivity index is 1.23. The largest absolute Gasteiger partial charge is 0.491 e. The number of nitrogens with zero attached hydrogens (tertiary/aromatic N) is 3. The molecule has 0 aliphatic carbocycles. The van der Waals surface area contributed by atoms with Crippen LogP contribution in [0.2, 0.25) is 5.02 Å². The summed E-state index contributed by atoms with van der Waals surface area (Å²) in [5.41, 5.74) is 1.70. The zero-order valence-electron chi connectivity index (χ0n) is 21.9. The Kier molecular flexibility index (Phi) is 8.10. The van der Waals surface area contributed by atoms with Crippen LogP contribution in [-0.4, -0.2) is 72.4 Å². The Morgan fingerprint density at radius 3 is 2.75 bits per heavy atom. The maximum absolute atomic E-state index is 13.7. The number of benzene rings is 2. The number of aromatic nitrogens is 2. The third-order valence-corrected chi connectivity index (χ3v) is 7.94. The zero-order valence-corrected chi connectivity index (χ0v) is 22.7. The average Bonchev–Trinajstić information content (AvgIpc) is 3.54. The van der Waals surface area contributed by atoms with Crippen LogP contribution in [0.25, 0.3) is 10.9 Å². The van der Waals surface area contributed by atoms with Gasteiger partial charge in [-0.25, -0.2) is 14.4 Å². The lowest BCUT2D eigenvalue weighted by Gasteiger charge is -2.33. The van der Waals surface area contributed by atoms with E-state index in [1.54, 1.807) is 24.3 Å². The average molecular weight is 568 g/mol. The van der Waals surface area contributed by atoms with Crippen molar-refractivity contribution in [3.8, 4) is 5.75 Å². The molecule has 11 heteroatoms. The molecule has 2 bridgehead atoms. The smallest absolute Gasteiger partial charge is 0.248 e. The molecular weight excluding hydrogens is 537 g/mol. The fraction of sp³-hybridized carbons (Fsp3) is 0.414. The van der Waals surface area contributed by atoms with E-state index in [1.165, 1.54) is 18.5 Å². The summed E-state index contributed by atoms with van der Waals surface area (Å²) in [4.78, 5) is 24.2. The number of morpholine rings is 1. The summed E-state index contributed by atoms with van der Waals surface area (Å²) in [5, 5.41) is 6.81. The molecule has 2 aromatic carbocycles. The molecule has 6 rings (SSSR count). The first-order valence-corrected chi connectivity index (χ1v) is 13.9. The number of carbonyl (C=O) groups excluding carboxylic acids is 1. The topological polar surface area (TPSA) is 97.8 Å². The van der Waals surface area contributed by atoms with Crippen molar-refractivity contribution in [2.24, 2.45) is 5.92 Å². The predicted molar refractivity (Wildman–Crippen MR) is 151 cm³/mol. The van der Waals surface area contributed by atoms with Crippen LogP contribution in [0.1, 0.15) is 19.3 Å². The van der Waals surface area contributed by atoms with Gasteiger partial charge < -0.3 is 24.8 Å². The Bertz CT molecular complexity index is 1400. The summed E-state index contributed by atoms with van der Waals surface area (Å²) in [6.45, 7) is 4.05. The van der Waals surface area contributed by atoms with E-state index in [1.807, 2.05) is 6.08 Å². The number of ether oxygens (including phenoxy) is 3. The van der Waals surface area contributed by atoms with Crippen molar-refractivity contribution in [2.45, 2.75) is 31.3 Å². The molecule has 0 spiro atoms. The van der Waals surface area contributed by atoms with Gasteiger partial charge in [0.2, 0.25) is 5.91 Å². The Morgan fingerprint density at radius 1 is 1.12 bits per heavy atom. The maximum atomic E-state index is 13.7. The summed E-state index contributed by atoms with van der Waals surface area (Å²) in [6, 6.07) is 8.77. The van der Waals surface area contributed by atoms with Crippen LogP contribution < -0.4 is 15.4 Å². The first kappa shape index (κ1) is 26.9. The van der Waals surface area contributed by atoms with Crippen molar-refractivity contribution in [3.05, 3.63) is 59.7 Å². The van der Waals surface area contributed by atoms with Crippen molar-refractivity contribution in [3.63, 3.8) is 0 Å². The van der Waals surface area contributed by atoms with Crippen LogP contribution in [0.4, 0.5) is 21.6 Å². The van der Waals surface area contributed by atoms with Crippen molar-refractivity contribution in [1.29, 1.82) is 0 Å². The predicted octanol–water partition coefficient (Wildman–Crippen LogP) is 4.94. The molecule has 3 saturated heterocycles. The van der Waals surface area contributed by atoms with Gasteiger partial charge in [0.25, 0.3) is 0 Å². The van der Waals surface area contributed by atoms with Crippen molar-refractivity contribution in [1.82, 2.24) is 14.9 Å². The van der Waals surface area contributed by atoms with Gasteiger partial charge in [-0.1, -0.05) is 17.7 Å². The number of fused-ring (bicyclic) bond motifs is 3. The summed E-state index contributed by atoms with van der Waals surface area (Å²) in [5.74, 6) is 0.521. The second kappa shape index (κ2) is 12.1. The van der Waals surface area contributed by atoms with Crippen LogP contribution in [0.5, 0.6) is 5.75 Å². The Hall–Kier alpha value is -3.31. The van der Waals surface area contributed by atoms with E-state index >= 15 is 0 Å². The molecule has 1 aromatic heterocycles. The molecule has 3 unspecified atom stereocenters. The summed E-state index contributed by atoms with van der Waals surface area (Å²) >= 11 is 5.96. The molecular formula is C29H31ClFN5O4. The SMILES string of the molecule is O=C(C=CCN1C2CCC1COC2)Nc1cc2c(Nc3ccc(F)c(Cl)c3)ncnc2cc1OCC1CCOC1. The van der Waals surface area contributed by atoms with Gasteiger partial charge in [-0.15, -0.1) is 0 Å². The third-order valence-electron chi connectivity index (χ3n) is 7.65. The molecule has 0 saturated carbocycles. The first-order valence-electron chi connectivity index (χ1n) is 13.6. The second-order valence-electron chi connectivity index (χ2n) is 10.4. The monoisotopic (exact) mass is 567 g/mol. The molecule has 4 heterocycles. The van der Waals surface area contributed by atoms with Crippen LogP contribution in [0, 0.1) is 11.7 Å². The third kappa shape index (κ3) is 6.05. The molecule has 210 valence electrons. The zero-order chi connectivity index (χ0) is 27.5. The van der Waals surface area contributed by atoms with E-state index in [2.05, 4.69) is 25.5 Å². The van der Waals surface area contributed by atoms with Gasteiger partial charge >= 0.3 is 0 Å². The summed E-state index contributed by atoms with van der Waals surface area (Å²) < 4.78 is 31.0. The number of halogens is 2. The van der Waals surface area contributed by atoms with E-state index in [-0.39, 0.29) is 16.8 Å². The van der Waals surface area contributed by atoms with Gasteiger partial charge in [-0.05, 0) is 43.5 Å². The minimum absolute atomic E-state index is 0.000217. The number of hydrogen-bond acceptors (Lipinski definition) is 8. The fourth-order valence-corrected chi connectivity index (χ4v) is 5.68. The fourth-order valence-electron chi connectivity index (χ4n) is 5.50. The van der Waals surface area contributed by atoms with E-state index in [9.17, 15) is 9.18 Å². The highest BCUT2D eigenvalue weighted by Gasteiger charge is 2.36. The van der Waals surface area contributed by atoms with Crippen LogP contribution >= 0.6 is 11.6 Å². The van der Waals surface area contributed by atoms with Gasteiger partial charge in [-0.3, -0.25) is 9.69 Å². The van der Waals surface area contributed by atoms with Crippen molar-refractivity contribution < 1.29 is 23.4 Å². The molecule has 3 fully saturated rings. The maximum Gasteiger partial charge on any atom is 0.248 e. The number of rotatable bonds is 9. The Labute approximate surface area is 236 Å². The summed E-state index contributed by atoms with van der Waals surface area (Å²) in [6.07, 6.45) is 8.10. The van der Waals surface area contributed by atoms with E-state index < -0.39 is 5.82 Å². The second-order valence-corrected chi connectivity index (χ2v) is 10.8. The summed E-state index contributed by atoms with van der Waals surface area (Å²) in [7, 11) is 0. The molecule has 3 atom stereocenters. The standard InChI is InChI=1S/C29H31ClFN5O4/c30-23-10-19(3-6-24(23)31)34-29-22-11-26(27(12-25(22)32-17-33-29)40-14-18-7-9-38-13-18)35-28(37)2-1-8-36-20-4-5-21(36)16-39-15-20/h1-3,6,10-12,17-18,20-21H,4-5,7-9,13-16H2,(H,35,37)(H,32,33,34). The van der Waals surface area contributed by atoms with E-state index in [0.29, 0.717) is 65.7 Å². The molecule has 40 heavy (non-hydrogen) atoms. The van der Waals surface area contributed by atoms with Gasteiger partial charge in [0.15, 0.2) is 0 Å². The lowest BCUT2D eigenvalue weighted by atomic mass is 10.1. The number of hydrogen-bond donors (Lipinski definition) is 2. The lowest BCUT2D eigenvalue weighted by molar-refractivity contribution is -0.112. The molecule has 2 N–H and O–H groups in total. The highest BCUT2D eigenvalue weighted by Crippen LogP contribution is 2.34. The van der Waals surface area contributed by atoms with E-state index in [0.717, 1.165) is 39.1 Å². The number of nitrogens with one attached hydrogen (secondary N) is 2. The quantitative estimate of drug-likeness (QED) is 0.351.